The molecule has 1 saturated carbocycles. The van der Waals surface area contributed by atoms with Gasteiger partial charge in [0.1, 0.15) is 5.75 Å². The number of benzene rings is 1. The van der Waals surface area contributed by atoms with Crippen molar-refractivity contribution in [2.24, 2.45) is 0 Å². The Bertz CT molecular complexity index is 513. The van der Waals surface area contributed by atoms with E-state index < -0.39 is 11.4 Å². The van der Waals surface area contributed by atoms with E-state index in [9.17, 15) is 9.90 Å². The first-order chi connectivity index (χ1) is 9.17. The highest BCUT2D eigenvalue weighted by Crippen LogP contribution is 2.46. The van der Waals surface area contributed by atoms with Gasteiger partial charge in [0.25, 0.3) is 0 Å². The van der Waals surface area contributed by atoms with E-state index in [0.29, 0.717) is 0 Å². The summed E-state index contributed by atoms with van der Waals surface area (Å²) in [4.78, 5) is 11.8. The third-order valence-corrected chi connectivity index (χ3v) is 4.80. The average molecular weight is 260 g/mol. The van der Waals surface area contributed by atoms with E-state index in [-0.39, 0.29) is 0 Å². The zero-order chi connectivity index (χ0) is 13.5. The highest BCUT2D eigenvalue weighted by molar-refractivity contribution is 5.83. The van der Waals surface area contributed by atoms with E-state index in [1.807, 2.05) is 0 Å². The summed E-state index contributed by atoms with van der Waals surface area (Å²) in [6.07, 6.45) is 6.78. The van der Waals surface area contributed by atoms with Gasteiger partial charge in [-0.3, -0.25) is 4.79 Å². The molecule has 1 fully saturated rings. The van der Waals surface area contributed by atoms with Crippen LogP contribution >= 0.6 is 0 Å². The molecular weight excluding hydrogens is 240 g/mol. The van der Waals surface area contributed by atoms with Crippen molar-refractivity contribution >= 4 is 5.97 Å². The van der Waals surface area contributed by atoms with Gasteiger partial charge in [0.15, 0.2) is 0 Å². The van der Waals surface area contributed by atoms with Crippen molar-refractivity contribution < 1.29 is 14.6 Å². The maximum Gasteiger partial charge on any atom is 0.314 e. The Balaban J connectivity index is 2.15. The van der Waals surface area contributed by atoms with Crippen molar-refractivity contribution in [1.29, 1.82) is 0 Å². The number of ether oxygens (including phenoxy) is 1. The van der Waals surface area contributed by atoms with Crippen LogP contribution in [0.4, 0.5) is 0 Å². The van der Waals surface area contributed by atoms with E-state index in [1.54, 1.807) is 7.11 Å². The molecule has 0 spiro atoms. The van der Waals surface area contributed by atoms with Crippen LogP contribution in [0.15, 0.2) is 12.1 Å². The van der Waals surface area contributed by atoms with E-state index in [0.717, 1.165) is 49.8 Å². The number of rotatable bonds is 3. The third kappa shape index (κ3) is 1.83. The summed E-state index contributed by atoms with van der Waals surface area (Å²) in [5.41, 5.74) is 2.84. The standard InChI is InChI=1S/C16H20O3/c1-19-14-10-12-6-4-5-11(12)9-13(14)16(15(17)18)7-2-3-8-16/h9-10H,2-8H2,1H3,(H,17,18). The molecule has 1 aromatic carbocycles. The van der Waals surface area contributed by atoms with E-state index in [4.69, 9.17) is 4.74 Å². The molecular formula is C16H20O3. The lowest BCUT2D eigenvalue weighted by Crippen LogP contribution is -2.33. The van der Waals surface area contributed by atoms with Crippen LogP contribution in [0.1, 0.15) is 48.8 Å². The molecule has 0 bridgehead atoms. The lowest BCUT2D eigenvalue weighted by atomic mass is 9.77. The number of methoxy groups -OCH3 is 1. The number of hydrogen-bond acceptors (Lipinski definition) is 2. The molecule has 1 aromatic rings. The fourth-order valence-electron chi connectivity index (χ4n) is 3.72. The summed E-state index contributed by atoms with van der Waals surface area (Å²) in [5, 5.41) is 9.73. The lowest BCUT2D eigenvalue weighted by molar-refractivity contribution is -0.143. The third-order valence-electron chi connectivity index (χ3n) is 4.80. The number of carboxylic acid groups (broad SMARTS) is 1. The summed E-state index contributed by atoms with van der Waals surface area (Å²) in [6.45, 7) is 0. The molecule has 3 rings (SSSR count). The summed E-state index contributed by atoms with van der Waals surface area (Å²) < 4.78 is 5.49. The van der Waals surface area contributed by atoms with Crippen molar-refractivity contribution in [1.82, 2.24) is 0 Å². The van der Waals surface area contributed by atoms with Gasteiger partial charge >= 0.3 is 5.97 Å². The van der Waals surface area contributed by atoms with Gasteiger partial charge in [-0.05, 0) is 49.3 Å². The van der Waals surface area contributed by atoms with Gasteiger partial charge in [-0.2, -0.15) is 0 Å². The maximum absolute atomic E-state index is 11.8. The van der Waals surface area contributed by atoms with Crippen LogP contribution in [0, 0.1) is 0 Å². The van der Waals surface area contributed by atoms with Crippen LogP contribution < -0.4 is 4.74 Å². The number of carboxylic acids is 1. The van der Waals surface area contributed by atoms with Crippen molar-refractivity contribution in [3.8, 4) is 5.75 Å². The Hall–Kier alpha value is -1.51. The Labute approximate surface area is 113 Å². The molecule has 3 nitrogen and oxygen atoms in total. The predicted molar refractivity (Wildman–Crippen MR) is 72.8 cm³/mol. The molecule has 2 aliphatic rings. The van der Waals surface area contributed by atoms with Gasteiger partial charge in [0.05, 0.1) is 12.5 Å². The van der Waals surface area contributed by atoms with Crippen LogP contribution in [0.2, 0.25) is 0 Å². The van der Waals surface area contributed by atoms with Crippen molar-refractivity contribution in [3.05, 3.63) is 28.8 Å². The Morgan fingerprint density at radius 2 is 1.79 bits per heavy atom. The molecule has 0 radical (unpaired) electrons. The van der Waals surface area contributed by atoms with E-state index in [1.165, 1.54) is 17.5 Å². The molecule has 0 saturated heterocycles. The first-order valence-corrected chi connectivity index (χ1v) is 7.11. The van der Waals surface area contributed by atoms with Gasteiger partial charge in [0, 0.05) is 5.56 Å². The number of carbonyl (C=O) groups is 1. The largest absolute Gasteiger partial charge is 0.496 e. The molecule has 3 heteroatoms. The lowest BCUT2D eigenvalue weighted by Gasteiger charge is -2.27. The smallest absolute Gasteiger partial charge is 0.314 e. The Kier molecular flexibility index (Phi) is 3.00. The molecule has 102 valence electrons. The minimum absolute atomic E-state index is 0.693. The van der Waals surface area contributed by atoms with E-state index >= 15 is 0 Å². The SMILES string of the molecule is COc1cc2c(cc1C1(C(=O)O)CCCC1)CCC2. The second-order valence-corrected chi connectivity index (χ2v) is 5.77. The normalized spacial score (nSPS) is 20.3. The summed E-state index contributed by atoms with van der Waals surface area (Å²) in [6, 6.07) is 4.18. The maximum atomic E-state index is 11.8. The van der Waals surface area contributed by atoms with Crippen LogP contribution in [-0.4, -0.2) is 18.2 Å². The molecule has 0 heterocycles. The molecule has 2 aliphatic carbocycles. The van der Waals surface area contributed by atoms with Crippen LogP contribution in [0.5, 0.6) is 5.75 Å². The van der Waals surface area contributed by atoms with Gasteiger partial charge in [0.2, 0.25) is 0 Å². The monoisotopic (exact) mass is 260 g/mol. The van der Waals surface area contributed by atoms with E-state index in [2.05, 4.69) is 12.1 Å². The zero-order valence-electron chi connectivity index (χ0n) is 11.4. The van der Waals surface area contributed by atoms with Gasteiger partial charge in [-0.15, -0.1) is 0 Å². The minimum atomic E-state index is -0.719. The second-order valence-electron chi connectivity index (χ2n) is 5.77. The first kappa shape index (κ1) is 12.5. The number of fused-ring (bicyclic) bond motifs is 1. The van der Waals surface area contributed by atoms with Gasteiger partial charge < -0.3 is 9.84 Å². The van der Waals surface area contributed by atoms with Crippen LogP contribution in [0.25, 0.3) is 0 Å². The molecule has 19 heavy (non-hydrogen) atoms. The number of hydrogen-bond donors (Lipinski definition) is 1. The topological polar surface area (TPSA) is 46.5 Å². The van der Waals surface area contributed by atoms with Gasteiger partial charge in [-0.25, -0.2) is 0 Å². The second kappa shape index (κ2) is 4.55. The zero-order valence-corrected chi connectivity index (χ0v) is 11.4. The van der Waals surface area contributed by atoms with Crippen molar-refractivity contribution in [2.45, 2.75) is 50.4 Å². The summed E-state index contributed by atoms with van der Waals surface area (Å²) in [5.74, 6) is 0.0752. The first-order valence-electron chi connectivity index (χ1n) is 7.11. The summed E-state index contributed by atoms with van der Waals surface area (Å²) in [7, 11) is 1.64. The fraction of sp³-hybridized carbons (Fsp3) is 0.562. The Morgan fingerprint density at radius 1 is 1.16 bits per heavy atom. The summed E-state index contributed by atoms with van der Waals surface area (Å²) >= 11 is 0. The number of aryl methyl sites for hydroxylation is 2. The van der Waals surface area contributed by atoms with Crippen molar-refractivity contribution in [3.63, 3.8) is 0 Å². The molecule has 0 aliphatic heterocycles. The minimum Gasteiger partial charge on any atom is -0.496 e. The van der Waals surface area contributed by atoms with Crippen LogP contribution in [-0.2, 0) is 23.1 Å². The highest BCUT2D eigenvalue weighted by Gasteiger charge is 2.45. The molecule has 0 aromatic heterocycles. The Morgan fingerprint density at radius 3 is 2.37 bits per heavy atom. The molecule has 1 N–H and O–H groups in total. The fourth-order valence-corrected chi connectivity index (χ4v) is 3.72. The molecule has 0 amide bonds. The van der Waals surface area contributed by atoms with Gasteiger partial charge in [-0.1, -0.05) is 18.9 Å². The highest BCUT2D eigenvalue weighted by atomic mass is 16.5. The molecule has 0 atom stereocenters. The average Bonchev–Trinajstić information content (AvgIpc) is 3.06. The molecule has 0 unspecified atom stereocenters. The van der Waals surface area contributed by atoms with Crippen LogP contribution in [0.3, 0.4) is 0 Å². The van der Waals surface area contributed by atoms with Crippen molar-refractivity contribution in [2.75, 3.05) is 7.11 Å². The number of aliphatic carboxylic acids is 1. The predicted octanol–water partition coefficient (Wildman–Crippen LogP) is 3.08. The quantitative estimate of drug-likeness (QED) is 0.908.